The summed E-state index contributed by atoms with van der Waals surface area (Å²) in [6.45, 7) is 2.03. The summed E-state index contributed by atoms with van der Waals surface area (Å²) < 4.78 is 28.4. The van der Waals surface area contributed by atoms with Crippen LogP contribution in [0.15, 0.2) is 9.64 Å². The Bertz CT molecular complexity index is 669. The van der Waals surface area contributed by atoms with Crippen LogP contribution in [0.2, 0.25) is 0 Å². The van der Waals surface area contributed by atoms with E-state index < -0.39 is 9.84 Å². The molecule has 128 valence electrons. The van der Waals surface area contributed by atoms with Gasteiger partial charge in [0, 0.05) is 12.5 Å². The number of nitrogens with zero attached hydrogens (tertiary/aromatic N) is 2. The van der Waals surface area contributed by atoms with E-state index in [0.717, 1.165) is 0 Å². The van der Waals surface area contributed by atoms with Gasteiger partial charge in [0.25, 0.3) is 5.22 Å². The van der Waals surface area contributed by atoms with E-state index in [1.807, 2.05) is 6.92 Å². The molecular weight excluding hydrogens is 338 g/mol. The van der Waals surface area contributed by atoms with E-state index in [0.29, 0.717) is 29.9 Å². The quantitative estimate of drug-likeness (QED) is 0.726. The number of rotatable bonds is 7. The zero-order valence-electron chi connectivity index (χ0n) is 13.0. The molecule has 1 saturated carbocycles. The Kier molecular flexibility index (Phi) is 4.96. The number of hydrogen-bond donors (Lipinski definition) is 1. The lowest BCUT2D eigenvalue weighted by Crippen LogP contribution is -2.35. The van der Waals surface area contributed by atoms with Crippen molar-refractivity contribution in [2.75, 3.05) is 17.3 Å². The summed E-state index contributed by atoms with van der Waals surface area (Å²) in [6, 6.07) is 0.227. The molecule has 0 spiro atoms. The number of carbonyl (C=O) groups is 1. The number of hydrogen-bond acceptors (Lipinski definition) is 7. The van der Waals surface area contributed by atoms with Gasteiger partial charge in [-0.1, -0.05) is 11.8 Å². The molecule has 1 aromatic rings. The maximum atomic E-state index is 11.8. The number of aromatic nitrogens is 2. The average molecular weight is 359 g/mol. The van der Waals surface area contributed by atoms with Gasteiger partial charge in [-0.15, -0.1) is 10.2 Å². The van der Waals surface area contributed by atoms with E-state index >= 15 is 0 Å². The van der Waals surface area contributed by atoms with Crippen molar-refractivity contribution in [1.82, 2.24) is 15.5 Å². The fraction of sp³-hybridized carbons (Fsp3) is 0.786. The monoisotopic (exact) mass is 359 g/mol. The minimum absolute atomic E-state index is 0.0314. The van der Waals surface area contributed by atoms with Crippen molar-refractivity contribution < 1.29 is 17.6 Å². The Balaban J connectivity index is 1.43. The fourth-order valence-electron chi connectivity index (χ4n) is 2.80. The zero-order chi connectivity index (χ0) is 16.4. The molecule has 1 saturated heterocycles. The molecule has 9 heteroatoms. The van der Waals surface area contributed by atoms with Crippen LogP contribution < -0.4 is 5.32 Å². The molecule has 0 aromatic carbocycles. The normalized spacial score (nSPS) is 24.5. The second kappa shape index (κ2) is 6.80. The molecule has 7 nitrogen and oxygen atoms in total. The maximum absolute atomic E-state index is 11.8. The third-order valence-corrected chi connectivity index (χ3v) is 6.94. The predicted molar refractivity (Wildman–Crippen MR) is 85.8 cm³/mol. The molecular formula is C14H21N3O4S2. The van der Waals surface area contributed by atoms with E-state index in [9.17, 15) is 13.2 Å². The van der Waals surface area contributed by atoms with Gasteiger partial charge in [-0.05, 0) is 38.0 Å². The minimum atomic E-state index is -2.89. The van der Waals surface area contributed by atoms with Gasteiger partial charge in [0.2, 0.25) is 11.8 Å². The van der Waals surface area contributed by atoms with E-state index in [1.54, 1.807) is 0 Å². The van der Waals surface area contributed by atoms with Crippen molar-refractivity contribution in [3.8, 4) is 0 Å². The van der Waals surface area contributed by atoms with Crippen molar-refractivity contribution in [3.63, 3.8) is 0 Å². The van der Waals surface area contributed by atoms with Crippen LogP contribution in [-0.4, -0.2) is 47.8 Å². The predicted octanol–water partition coefficient (Wildman–Crippen LogP) is 1.05. The molecule has 0 unspecified atom stereocenters. The fourth-order valence-corrected chi connectivity index (χ4v) is 5.25. The first-order valence-corrected chi connectivity index (χ1v) is 10.7. The van der Waals surface area contributed by atoms with Crippen molar-refractivity contribution in [2.45, 2.75) is 43.9 Å². The van der Waals surface area contributed by atoms with Gasteiger partial charge in [-0.25, -0.2) is 8.42 Å². The Labute approximate surface area is 139 Å². The number of amides is 1. The smallest absolute Gasteiger partial charge is 0.277 e. The van der Waals surface area contributed by atoms with Gasteiger partial charge in [0.15, 0.2) is 9.84 Å². The van der Waals surface area contributed by atoms with E-state index in [4.69, 9.17) is 4.42 Å². The second-order valence-corrected chi connectivity index (χ2v) is 9.57. The van der Waals surface area contributed by atoms with Gasteiger partial charge in [-0.2, -0.15) is 0 Å². The highest BCUT2D eigenvalue weighted by atomic mass is 32.2. The second-order valence-electron chi connectivity index (χ2n) is 6.42. The van der Waals surface area contributed by atoms with Gasteiger partial charge in [0.1, 0.15) is 0 Å². The third-order valence-electron chi connectivity index (χ3n) is 4.28. The van der Waals surface area contributed by atoms with Crippen molar-refractivity contribution in [3.05, 3.63) is 5.89 Å². The summed E-state index contributed by atoms with van der Waals surface area (Å²) in [5, 5.41) is 11.2. The third kappa shape index (κ3) is 4.94. The Morgan fingerprint density at radius 1 is 1.39 bits per heavy atom. The largest absolute Gasteiger partial charge is 0.416 e. The molecule has 3 rings (SSSR count). The van der Waals surface area contributed by atoms with Gasteiger partial charge in [-0.3, -0.25) is 4.79 Å². The summed E-state index contributed by atoms with van der Waals surface area (Å²) in [7, 11) is -2.89. The zero-order valence-corrected chi connectivity index (χ0v) is 14.7. The lowest BCUT2D eigenvalue weighted by molar-refractivity contribution is -0.119. The van der Waals surface area contributed by atoms with E-state index in [-0.39, 0.29) is 35.1 Å². The molecule has 1 aliphatic heterocycles. The summed E-state index contributed by atoms with van der Waals surface area (Å²) in [6.07, 6.45) is 3.52. The van der Waals surface area contributed by atoms with Crippen LogP contribution in [0.1, 0.15) is 32.1 Å². The molecule has 2 heterocycles. The minimum Gasteiger partial charge on any atom is -0.416 e. The van der Waals surface area contributed by atoms with Crippen LogP contribution in [0.3, 0.4) is 0 Å². The van der Waals surface area contributed by atoms with Gasteiger partial charge < -0.3 is 9.73 Å². The highest BCUT2D eigenvalue weighted by Gasteiger charge is 2.30. The molecule has 1 aromatic heterocycles. The molecule has 0 radical (unpaired) electrons. The summed E-state index contributed by atoms with van der Waals surface area (Å²) >= 11 is 1.21. The molecule has 2 aliphatic rings. The lowest BCUT2D eigenvalue weighted by atomic mass is 10.1. The first-order valence-electron chi connectivity index (χ1n) is 7.86. The number of sulfone groups is 1. The Morgan fingerprint density at radius 2 is 2.17 bits per heavy atom. The number of thioether (sulfide) groups is 1. The molecule has 1 N–H and O–H groups in total. The van der Waals surface area contributed by atoms with Crippen LogP contribution in [0.25, 0.3) is 0 Å². The van der Waals surface area contributed by atoms with Crippen LogP contribution >= 0.6 is 11.8 Å². The highest BCUT2D eigenvalue weighted by molar-refractivity contribution is 7.99. The Hall–Kier alpha value is -1.09. The molecule has 2 fully saturated rings. The summed E-state index contributed by atoms with van der Waals surface area (Å²) in [4.78, 5) is 11.8. The first-order chi connectivity index (χ1) is 10.9. The number of nitrogens with one attached hydrogen (secondary N) is 1. The van der Waals surface area contributed by atoms with E-state index in [1.165, 1.54) is 24.6 Å². The summed E-state index contributed by atoms with van der Waals surface area (Å²) in [5.41, 5.74) is 0. The molecule has 23 heavy (non-hydrogen) atoms. The van der Waals surface area contributed by atoms with E-state index in [2.05, 4.69) is 15.5 Å². The standard InChI is InChI=1S/C14H21N3O4S2/c1-9(11-2-3-11)15-12(18)7-22-14-17-16-13(21-14)6-10-4-5-23(19,20)8-10/h9-11H,2-8H2,1H3,(H,15,18)/t9-,10-/m0/s1. The summed E-state index contributed by atoms with van der Waals surface area (Å²) in [5.74, 6) is 1.78. The van der Waals surface area contributed by atoms with Gasteiger partial charge in [0.05, 0.1) is 17.3 Å². The first kappa shape index (κ1) is 16.8. The molecule has 2 atom stereocenters. The van der Waals surface area contributed by atoms with Crippen LogP contribution in [0.4, 0.5) is 0 Å². The molecule has 1 amide bonds. The topological polar surface area (TPSA) is 102 Å². The SMILES string of the molecule is C[C@H](NC(=O)CSc1nnc(C[C@@H]2CCS(=O)(=O)C2)o1)C1CC1. The van der Waals surface area contributed by atoms with Gasteiger partial charge >= 0.3 is 0 Å². The van der Waals surface area contributed by atoms with Crippen LogP contribution in [0.5, 0.6) is 0 Å². The van der Waals surface area contributed by atoms with Crippen molar-refractivity contribution >= 4 is 27.5 Å². The Morgan fingerprint density at radius 3 is 2.83 bits per heavy atom. The maximum Gasteiger partial charge on any atom is 0.277 e. The average Bonchev–Trinajstić information content (AvgIpc) is 3.15. The van der Waals surface area contributed by atoms with Crippen LogP contribution in [-0.2, 0) is 21.1 Å². The highest BCUT2D eigenvalue weighted by Crippen LogP contribution is 2.32. The molecule has 1 aliphatic carbocycles. The number of carbonyl (C=O) groups excluding carboxylic acids is 1. The molecule has 0 bridgehead atoms. The van der Waals surface area contributed by atoms with Crippen molar-refractivity contribution in [1.29, 1.82) is 0 Å². The van der Waals surface area contributed by atoms with Crippen molar-refractivity contribution in [2.24, 2.45) is 11.8 Å². The lowest BCUT2D eigenvalue weighted by Gasteiger charge is -2.11. The van der Waals surface area contributed by atoms with Crippen LogP contribution in [0, 0.1) is 11.8 Å².